The van der Waals surface area contributed by atoms with Gasteiger partial charge in [0.15, 0.2) is 5.13 Å². The molecule has 1 aliphatic carbocycles. The highest BCUT2D eigenvalue weighted by molar-refractivity contribution is 7.15. The third-order valence-electron chi connectivity index (χ3n) is 4.56. The monoisotopic (exact) mass is 299 g/mol. The molecule has 110 valence electrons. The summed E-state index contributed by atoms with van der Waals surface area (Å²) in [6.45, 7) is 3.38. The van der Waals surface area contributed by atoms with E-state index in [0.717, 1.165) is 30.9 Å². The number of nitrogens with two attached hydrogens (primary N) is 1. The zero-order chi connectivity index (χ0) is 14.4. The van der Waals surface area contributed by atoms with Gasteiger partial charge in [-0.15, -0.1) is 0 Å². The summed E-state index contributed by atoms with van der Waals surface area (Å²) in [6.07, 6.45) is 4.52. The second kappa shape index (κ2) is 5.11. The molecule has 2 unspecified atom stereocenters. The first-order valence-electron chi connectivity index (χ1n) is 7.83. The maximum atomic E-state index is 6.26. The molecular formula is C17H21N3S. The number of benzene rings is 1. The van der Waals surface area contributed by atoms with Gasteiger partial charge in [-0.05, 0) is 43.2 Å². The summed E-state index contributed by atoms with van der Waals surface area (Å²) >= 11 is 1.81. The van der Waals surface area contributed by atoms with Crippen LogP contribution in [0.5, 0.6) is 0 Å². The number of rotatable bonds is 1. The van der Waals surface area contributed by atoms with Crippen LogP contribution in [0.25, 0.3) is 0 Å². The molecule has 4 rings (SSSR count). The summed E-state index contributed by atoms with van der Waals surface area (Å²) in [5.41, 5.74) is 10.3. The number of hydrogen-bond donors (Lipinski definition) is 1. The van der Waals surface area contributed by atoms with E-state index in [-0.39, 0.29) is 6.04 Å². The molecule has 2 atom stereocenters. The summed E-state index contributed by atoms with van der Waals surface area (Å²) in [6, 6.07) is 8.93. The first-order chi connectivity index (χ1) is 10.2. The van der Waals surface area contributed by atoms with E-state index in [1.807, 2.05) is 0 Å². The fourth-order valence-electron chi connectivity index (χ4n) is 3.53. The first kappa shape index (κ1) is 13.3. The Bertz CT molecular complexity index is 664. The van der Waals surface area contributed by atoms with E-state index >= 15 is 0 Å². The molecule has 0 saturated heterocycles. The maximum Gasteiger partial charge on any atom is 0.190 e. The molecule has 0 bridgehead atoms. The quantitative estimate of drug-likeness (QED) is 0.870. The van der Waals surface area contributed by atoms with Gasteiger partial charge in [0.05, 0.1) is 5.69 Å². The third kappa shape index (κ3) is 2.27. The molecule has 3 nitrogen and oxygen atoms in total. The number of fused-ring (bicyclic) bond motifs is 2. The van der Waals surface area contributed by atoms with E-state index in [1.165, 1.54) is 28.2 Å². The summed E-state index contributed by atoms with van der Waals surface area (Å²) in [4.78, 5) is 8.64. The minimum absolute atomic E-state index is 0.192. The van der Waals surface area contributed by atoms with Gasteiger partial charge in [0.1, 0.15) is 0 Å². The fourth-order valence-corrected chi connectivity index (χ4v) is 4.70. The lowest BCUT2D eigenvalue weighted by Gasteiger charge is -2.32. The smallest absolute Gasteiger partial charge is 0.190 e. The minimum atomic E-state index is 0.192. The van der Waals surface area contributed by atoms with E-state index in [2.05, 4.69) is 36.1 Å². The predicted octanol–water partition coefficient (Wildman–Crippen LogP) is 3.81. The third-order valence-corrected chi connectivity index (χ3v) is 5.81. The molecule has 2 heterocycles. The van der Waals surface area contributed by atoms with E-state index in [0.29, 0.717) is 5.92 Å². The molecule has 0 amide bonds. The SMILES string of the molecule is CC1Cc2ccccc2N(c2nc3c(s2)C(N)CCC3)C1. The van der Waals surface area contributed by atoms with Crippen molar-refractivity contribution in [2.45, 2.75) is 38.6 Å². The first-order valence-corrected chi connectivity index (χ1v) is 8.64. The Balaban J connectivity index is 1.77. The second-order valence-corrected chi connectivity index (χ2v) is 7.36. The Kier molecular flexibility index (Phi) is 3.23. The molecule has 0 spiro atoms. The van der Waals surface area contributed by atoms with Crippen molar-refractivity contribution in [2.75, 3.05) is 11.4 Å². The zero-order valence-electron chi connectivity index (χ0n) is 12.4. The molecule has 2 aromatic rings. The standard InChI is InChI=1S/C17H21N3S/c1-11-9-12-5-2-3-8-15(12)20(10-11)17-19-14-7-4-6-13(18)16(14)21-17/h2-3,5,8,11,13H,4,6-7,9-10,18H2,1H3. The van der Waals surface area contributed by atoms with Gasteiger partial charge in [0, 0.05) is 23.2 Å². The lowest BCUT2D eigenvalue weighted by atomic mass is 9.94. The molecule has 1 aromatic heterocycles. The molecule has 1 aliphatic heterocycles. The molecule has 21 heavy (non-hydrogen) atoms. The van der Waals surface area contributed by atoms with Gasteiger partial charge >= 0.3 is 0 Å². The lowest BCUT2D eigenvalue weighted by molar-refractivity contribution is 0.559. The topological polar surface area (TPSA) is 42.2 Å². The largest absolute Gasteiger partial charge is 0.323 e. The van der Waals surface area contributed by atoms with Gasteiger partial charge in [0.25, 0.3) is 0 Å². The van der Waals surface area contributed by atoms with Gasteiger partial charge in [-0.2, -0.15) is 0 Å². The van der Waals surface area contributed by atoms with Crippen LogP contribution < -0.4 is 10.6 Å². The Morgan fingerprint density at radius 1 is 1.33 bits per heavy atom. The molecule has 2 N–H and O–H groups in total. The van der Waals surface area contributed by atoms with E-state index < -0.39 is 0 Å². The van der Waals surface area contributed by atoms with Crippen molar-refractivity contribution >= 4 is 22.2 Å². The molecule has 0 radical (unpaired) electrons. The van der Waals surface area contributed by atoms with Gasteiger partial charge < -0.3 is 10.6 Å². The molecular weight excluding hydrogens is 278 g/mol. The van der Waals surface area contributed by atoms with Crippen molar-refractivity contribution in [1.29, 1.82) is 0 Å². The predicted molar refractivity (Wildman–Crippen MR) is 88.3 cm³/mol. The van der Waals surface area contributed by atoms with Crippen molar-refractivity contribution in [3.8, 4) is 0 Å². The summed E-state index contributed by atoms with van der Waals surface area (Å²) in [5.74, 6) is 0.662. The number of nitrogens with zero attached hydrogens (tertiary/aromatic N) is 2. The van der Waals surface area contributed by atoms with Crippen molar-refractivity contribution in [3.63, 3.8) is 0 Å². The van der Waals surface area contributed by atoms with Crippen molar-refractivity contribution in [2.24, 2.45) is 11.7 Å². The Labute approximate surface area is 129 Å². The number of anilines is 2. The Hall–Kier alpha value is -1.39. The fraction of sp³-hybridized carbons (Fsp3) is 0.471. The van der Waals surface area contributed by atoms with Crippen LogP contribution in [0.3, 0.4) is 0 Å². The summed E-state index contributed by atoms with van der Waals surface area (Å²) in [7, 11) is 0. The molecule has 1 aromatic carbocycles. The van der Waals surface area contributed by atoms with Crippen LogP contribution in [0.1, 0.15) is 41.9 Å². The number of thiazole rings is 1. The van der Waals surface area contributed by atoms with Gasteiger partial charge in [-0.1, -0.05) is 36.5 Å². The number of hydrogen-bond acceptors (Lipinski definition) is 4. The molecule has 0 saturated carbocycles. The van der Waals surface area contributed by atoms with Gasteiger partial charge in [0.2, 0.25) is 0 Å². The van der Waals surface area contributed by atoms with E-state index in [4.69, 9.17) is 10.7 Å². The molecule has 4 heteroatoms. The number of aromatic nitrogens is 1. The maximum absolute atomic E-state index is 6.26. The van der Waals surface area contributed by atoms with Crippen LogP contribution >= 0.6 is 11.3 Å². The average molecular weight is 299 g/mol. The molecule has 0 fully saturated rings. The highest BCUT2D eigenvalue weighted by Crippen LogP contribution is 2.41. The normalized spacial score (nSPS) is 24.6. The summed E-state index contributed by atoms with van der Waals surface area (Å²) in [5, 5.41) is 1.14. The van der Waals surface area contributed by atoms with Gasteiger partial charge in [-0.3, -0.25) is 0 Å². The zero-order valence-corrected chi connectivity index (χ0v) is 13.2. The van der Waals surface area contributed by atoms with Crippen molar-refractivity contribution < 1.29 is 0 Å². The van der Waals surface area contributed by atoms with Crippen molar-refractivity contribution in [3.05, 3.63) is 40.4 Å². The van der Waals surface area contributed by atoms with Crippen molar-refractivity contribution in [1.82, 2.24) is 4.98 Å². The number of para-hydroxylation sites is 1. The number of aryl methyl sites for hydroxylation is 1. The minimum Gasteiger partial charge on any atom is -0.323 e. The van der Waals surface area contributed by atoms with Crippen LogP contribution in [0.15, 0.2) is 24.3 Å². The van der Waals surface area contributed by atoms with E-state index in [9.17, 15) is 0 Å². The van der Waals surface area contributed by atoms with Crippen LogP contribution in [0, 0.1) is 5.92 Å². The molecule has 2 aliphatic rings. The van der Waals surface area contributed by atoms with Crippen LogP contribution in [0.4, 0.5) is 10.8 Å². The van der Waals surface area contributed by atoms with Gasteiger partial charge in [-0.25, -0.2) is 4.98 Å². The lowest BCUT2D eigenvalue weighted by Crippen LogP contribution is -2.30. The average Bonchev–Trinajstić information content (AvgIpc) is 2.92. The Morgan fingerprint density at radius 2 is 2.19 bits per heavy atom. The van der Waals surface area contributed by atoms with E-state index in [1.54, 1.807) is 11.3 Å². The summed E-state index contributed by atoms with van der Waals surface area (Å²) < 4.78 is 0. The second-order valence-electron chi connectivity index (χ2n) is 6.35. The highest BCUT2D eigenvalue weighted by Gasteiger charge is 2.28. The Morgan fingerprint density at radius 3 is 3.05 bits per heavy atom. The van der Waals surface area contributed by atoms with Crippen LogP contribution in [0.2, 0.25) is 0 Å². The van der Waals surface area contributed by atoms with Crippen LogP contribution in [-0.2, 0) is 12.8 Å². The highest BCUT2D eigenvalue weighted by atomic mass is 32.1. The van der Waals surface area contributed by atoms with Crippen LogP contribution in [-0.4, -0.2) is 11.5 Å².